The van der Waals surface area contributed by atoms with Gasteiger partial charge in [0.2, 0.25) is 0 Å². The van der Waals surface area contributed by atoms with E-state index in [-0.39, 0.29) is 10.7 Å². The molecule has 2 aromatic carbocycles. The van der Waals surface area contributed by atoms with Crippen molar-refractivity contribution in [3.63, 3.8) is 0 Å². The van der Waals surface area contributed by atoms with Crippen LogP contribution in [-0.2, 0) is 0 Å². The van der Waals surface area contributed by atoms with E-state index < -0.39 is 5.97 Å². The zero-order valence-electron chi connectivity index (χ0n) is 10.8. The lowest BCUT2D eigenvalue weighted by Gasteiger charge is -1.98. The van der Waals surface area contributed by atoms with Gasteiger partial charge in [-0.2, -0.15) is 0 Å². The summed E-state index contributed by atoms with van der Waals surface area (Å²) in [6, 6.07) is 15.0. The molecule has 0 amide bonds. The first kappa shape index (κ1) is 13.5. The smallest absolute Gasteiger partial charge is 0.348 e. The van der Waals surface area contributed by atoms with Crippen LogP contribution in [-0.4, -0.2) is 16.1 Å². The number of rotatable bonds is 3. The van der Waals surface area contributed by atoms with Gasteiger partial charge in [0.25, 0.3) is 0 Å². The van der Waals surface area contributed by atoms with Crippen molar-refractivity contribution in [1.29, 1.82) is 0 Å². The van der Waals surface area contributed by atoms with E-state index in [9.17, 15) is 14.3 Å². The first-order valence-electron chi connectivity index (χ1n) is 6.20. The summed E-state index contributed by atoms with van der Waals surface area (Å²) >= 11 is 1.12. The number of hydrogen-bond donors (Lipinski definition) is 1. The number of nitrogens with zero attached hydrogens (tertiary/aromatic N) is 1. The zero-order valence-corrected chi connectivity index (χ0v) is 11.6. The normalized spacial score (nSPS) is 10.5. The second kappa shape index (κ2) is 5.46. The van der Waals surface area contributed by atoms with Gasteiger partial charge in [0, 0.05) is 11.1 Å². The Morgan fingerprint density at radius 3 is 2.29 bits per heavy atom. The van der Waals surface area contributed by atoms with E-state index in [1.807, 2.05) is 30.3 Å². The third-order valence-electron chi connectivity index (χ3n) is 2.96. The van der Waals surface area contributed by atoms with Crippen LogP contribution in [0.4, 0.5) is 4.39 Å². The summed E-state index contributed by atoms with van der Waals surface area (Å²) in [5.41, 5.74) is 1.82. The first-order chi connectivity index (χ1) is 10.1. The fourth-order valence-corrected chi connectivity index (χ4v) is 2.90. The summed E-state index contributed by atoms with van der Waals surface area (Å²) in [5.74, 6) is -1.40. The van der Waals surface area contributed by atoms with E-state index in [1.165, 1.54) is 24.3 Å². The van der Waals surface area contributed by atoms with Crippen LogP contribution in [0.3, 0.4) is 0 Å². The molecule has 0 unspecified atom stereocenters. The van der Waals surface area contributed by atoms with Crippen molar-refractivity contribution in [2.45, 2.75) is 0 Å². The molecule has 3 nitrogen and oxygen atoms in total. The number of thiazole rings is 1. The zero-order chi connectivity index (χ0) is 14.8. The Bertz CT molecular complexity index is 782. The van der Waals surface area contributed by atoms with E-state index in [4.69, 9.17) is 0 Å². The van der Waals surface area contributed by atoms with Gasteiger partial charge in [0.1, 0.15) is 15.7 Å². The molecular formula is C16H10FNO2S. The Morgan fingerprint density at radius 2 is 1.67 bits per heavy atom. The fourth-order valence-electron chi connectivity index (χ4n) is 1.97. The summed E-state index contributed by atoms with van der Waals surface area (Å²) in [6.07, 6.45) is 0. The molecule has 0 saturated heterocycles. The highest BCUT2D eigenvalue weighted by Gasteiger charge is 2.19. The number of hydrogen-bond acceptors (Lipinski definition) is 3. The van der Waals surface area contributed by atoms with Gasteiger partial charge in [-0.1, -0.05) is 30.3 Å². The number of carboxylic acid groups (broad SMARTS) is 1. The third-order valence-corrected chi connectivity index (χ3v) is 4.05. The fraction of sp³-hybridized carbons (Fsp3) is 0. The van der Waals surface area contributed by atoms with E-state index in [0.717, 1.165) is 16.9 Å². The molecule has 0 saturated carbocycles. The van der Waals surface area contributed by atoms with E-state index in [2.05, 4.69) is 4.98 Å². The van der Waals surface area contributed by atoms with Crippen molar-refractivity contribution in [3.8, 4) is 21.8 Å². The molecule has 1 N–H and O–H groups in total. The van der Waals surface area contributed by atoms with E-state index >= 15 is 0 Å². The Labute approximate surface area is 124 Å². The highest BCUT2D eigenvalue weighted by molar-refractivity contribution is 7.17. The molecule has 104 valence electrons. The van der Waals surface area contributed by atoms with Crippen LogP contribution in [0.25, 0.3) is 21.8 Å². The van der Waals surface area contributed by atoms with Crippen LogP contribution in [0.5, 0.6) is 0 Å². The van der Waals surface area contributed by atoms with Crippen molar-refractivity contribution in [2.75, 3.05) is 0 Å². The molecule has 0 radical (unpaired) electrons. The second-order valence-electron chi connectivity index (χ2n) is 4.37. The summed E-state index contributed by atoms with van der Waals surface area (Å²) in [6.45, 7) is 0. The minimum absolute atomic E-state index is 0.153. The van der Waals surface area contributed by atoms with Crippen molar-refractivity contribution in [3.05, 3.63) is 65.3 Å². The number of carbonyl (C=O) groups is 1. The quantitative estimate of drug-likeness (QED) is 0.783. The topological polar surface area (TPSA) is 50.2 Å². The molecule has 0 bridgehead atoms. The number of aromatic nitrogens is 1. The Hall–Kier alpha value is -2.53. The van der Waals surface area contributed by atoms with Gasteiger partial charge < -0.3 is 5.11 Å². The average Bonchev–Trinajstić information content (AvgIpc) is 2.94. The molecular weight excluding hydrogens is 289 g/mol. The maximum Gasteiger partial charge on any atom is 0.348 e. The molecule has 0 fully saturated rings. The molecule has 1 aromatic heterocycles. The van der Waals surface area contributed by atoms with Crippen LogP contribution in [0.2, 0.25) is 0 Å². The maximum absolute atomic E-state index is 13.0. The maximum atomic E-state index is 13.0. The van der Waals surface area contributed by atoms with Gasteiger partial charge in [0.05, 0.1) is 5.69 Å². The highest BCUT2D eigenvalue weighted by Crippen LogP contribution is 2.33. The van der Waals surface area contributed by atoms with Gasteiger partial charge in [-0.15, -0.1) is 11.3 Å². The van der Waals surface area contributed by atoms with Gasteiger partial charge >= 0.3 is 5.97 Å². The predicted octanol–water partition coefficient (Wildman–Crippen LogP) is 4.31. The number of halogens is 1. The molecule has 3 aromatic rings. The average molecular weight is 299 g/mol. The Morgan fingerprint density at radius 1 is 1.00 bits per heavy atom. The molecule has 1 heterocycles. The van der Waals surface area contributed by atoms with Crippen molar-refractivity contribution in [1.82, 2.24) is 4.98 Å². The lowest BCUT2D eigenvalue weighted by atomic mass is 10.1. The first-order valence-corrected chi connectivity index (χ1v) is 7.02. The lowest BCUT2D eigenvalue weighted by Crippen LogP contribution is -1.95. The Balaban J connectivity index is 2.14. The van der Waals surface area contributed by atoms with Gasteiger partial charge in [-0.25, -0.2) is 14.2 Å². The van der Waals surface area contributed by atoms with Crippen LogP contribution < -0.4 is 0 Å². The van der Waals surface area contributed by atoms with Crippen molar-refractivity contribution >= 4 is 17.3 Å². The summed E-state index contributed by atoms with van der Waals surface area (Å²) in [4.78, 5) is 16.0. The monoisotopic (exact) mass is 299 g/mol. The van der Waals surface area contributed by atoms with Gasteiger partial charge in [-0.05, 0) is 24.3 Å². The van der Waals surface area contributed by atoms with Crippen LogP contribution in [0, 0.1) is 5.82 Å². The molecule has 0 aliphatic heterocycles. The largest absolute Gasteiger partial charge is 0.477 e. The van der Waals surface area contributed by atoms with Crippen LogP contribution in [0.1, 0.15) is 9.67 Å². The molecule has 0 spiro atoms. The van der Waals surface area contributed by atoms with E-state index in [0.29, 0.717) is 16.3 Å². The van der Waals surface area contributed by atoms with E-state index in [1.54, 1.807) is 0 Å². The van der Waals surface area contributed by atoms with Crippen molar-refractivity contribution in [2.24, 2.45) is 0 Å². The minimum Gasteiger partial charge on any atom is -0.477 e. The minimum atomic E-state index is -1.03. The summed E-state index contributed by atoms with van der Waals surface area (Å²) in [5, 5.41) is 9.97. The number of aromatic carboxylic acids is 1. The summed E-state index contributed by atoms with van der Waals surface area (Å²) < 4.78 is 13.0. The molecule has 0 aliphatic carbocycles. The SMILES string of the molecule is O=C(O)c1sc(-c2ccccc2)nc1-c1ccc(F)cc1. The van der Waals surface area contributed by atoms with Crippen LogP contribution in [0.15, 0.2) is 54.6 Å². The predicted molar refractivity (Wildman–Crippen MR) is 79.9 cm³/mol. The molecule has 0 aliphatic rings. The summed E-state index contributed by atoms with van der Waals surface area (Å²) in [7, 11) is 0. The third kappa shape index (κ3) is 2.68. The van der Waals surface area contributed by atoms with Crippen molar-refractivity contribution < 1.29 is 14.3 Å². The second-order valence-corrected chi connectivity index (χ2v) is 5.37. The molecule has 21 heavy (non-hydrogen) atoms. The Kier molecular flexibility index (Phi) is 3.50. The molecule has 0 atom stereocenters. The highest BCUT2D eigenvalue weighted by atomic mass is 32.1. The molecule has 5 heteroatoms. The van der Waals surface area contributed by atoms with Crippen LogP contribution >= 0.6 is 11.3 Å². The van der Waals surface area contributed by atoms with Gasteiger partial charge in [0.15, 0.2) is 0 Å². The lowest BCUT2D eigenvalue weighted by molar-refractivity contribution is 0.0702. The van der Waals surface area contributed by atoms with Gasteiger partial charge in [-0.3, -0.25) is 0 Å². The molecule has 3 rings (SSSR count). The number of carboxylic acids is 1. The standard InChI is InChI=1S/C16H10FNO2S/c17-12-8-6-10(7-9-12)13-14(16(19)20)21-15(18-13)11-4-2-1-3-5-11/h1-9H,(H,19,20). The number of benzene rings is 2.